The van der Waals surface area contributed by atoms with Crippen molar-refractivity contribution in [1.29, 1.82) is 0 Å². The molecule has 2 N–H and O–H groups in total. The number of nitrogens with one attached hydrogen (secondary N) is 2. The summed E-state index contributed by atoms with van der Waals surface area (Å²) in [5.74, 6) is 0.663. The Morgan fingerprint density at radius 3 is 2.09 bits per heavy atom. The number of halogens is 1. The van der Waals surface area contributed by atoms with Crippen LogP contribution >= 0.6 is 15.9 Å². The van der Waals surface area contributed by atoms with Gasteiger partial charge >= 0.3 is 0 Å². The van der Waals surface area contributed by atoms with Crippen LogP contribution in [-0.4, -0.2) is 7.11 Å². The Labute approximate surface area is 140 Å². The van der Waals surface area contributed by atoms with Gasteiger partial charge in [-0.2, -0.15) is 0 Å². The molecule has 116 valence electrons. The largest absolute Gasteiger partial charge is 0.497 e. The van der Waals surface area contributed by atoms with Crippen LogP contribution in [0.25, 0.3) is 0 Å². The van der Waals surface area contributed by atoms with Gasteiger partial charge in [0.25, 0.3) is 10.9 Å². The monoisotopic (exact) mass is 372 g/mol. The van der Waals surface area contributed by atoms with E-state index in [-0.39, 0.29) is 11.4 Å². The van der Waals surface area contributed by atoms with E-state index in [0.29, 0.717) is 11.4 Å². The Balaban J connectivity index is 1.86. The second kappa shape index (κ2) is 6.26. The minimum atomic E-state index is -0.535. The van der Waals surface area contributed by atoms with Crippen molar-refractivity contribution in [3.63, 3.8) is 0 Å². The normalized spacial score (nSPS) is 10.5. The lowest BCUT2D eigenvalue weighted by Crippen LogP contribution is -2.35. The molecule has 0 amide bonds. The first-order chi connectivity index (χ1) is 11.1. The molecule has 5 nitrogen and oxygen atoms in total. The van der Waals surface area contributed by atoms with E-state index < -0.39 is 10.9 Å². The molecule has 3 aromatic carbocycles. The van der Waals surface area contributed by atoms with Crippen molar-refractivity contribution in [3.05, 3.63) is 73.5 Å². The van der Waals surface area contributed by atoms with Gasteiger partial charge in [0, 0.05) is 21.9 Å². The summed E-state index contributed by atoms with van der Waals surface area (Å²) in [6.45, 7) is 0. The fraction of sp³-hybridized carbons (Fsp3) is 0.0588. The summed E-state index contributed by atoms with van der Waals surface area (Å²) in [4.78, 5) is 23.6. The Kier molecular flexibility index (Phi) is 4.16. The lowest BCUT2D eigenvalue weighted by Gasteiger charge is -2.15. The summed E-state index contributed by atoms with van der Waals surface area (Å²) in [5, 5.41) is 5.95. The van der Waals surface area contributed by atoms with E-state index >= 15 is 0 Å². The average Bonchev–Trinajstić information content (AvgIpc) is 2.59. The topological polar surface area (TPSA) is 67.4 Å². The maximum atomic E-state index is 11.8. The van der Waals surface area contributed by atoms with Crippen LogP contribution in [-0.2, 0) is 0 Å². The fourth-order valence-corrected chi connectivity index (χ4v) is 2.42. The molecule has 23 heavy (non-hydrogen) atoms. The zero-order valence-electron chi connectivity index (χ0n) is 12.2. The molecule has 3 aromatic rings. The van der Waals surface area contributed by atoms with Crippen LogP contribution in [0, 0.1) is 0 Å². The van der Waals surface area contributed by atoms with E-state index in [4.69, 9.17) is 4.74 Å². The summed E-state index contributed by atoms with van der Waals surface area (Å²) in [5.41, 5.74) is 0.862. The second-order valence-corrected chi connectivity index (χ2v) is 5.81. The van der Waals surface area contributed by atoms with Crippen LogP contribution < -0.4 is 26.2 Å². The third kappa shape index (κ3) is 3.12. The maximum absolute atomic E-state index is 11.8. The molecule has 0 spiro atoms. The minimum absolute atomic E-state index is 0.256. The zero-order valence-corrected chi connectivity index (χ0v) is 13.8. The zero-order chi connectivity index (χ0) is 16.4. The molecule has 0 aliphatic carbocycles. The minimum Gasteiger partial charge on any atom is -0.497 e. The molecular formula is C17H13BrN2O3. The Morgan fingerprint density at radius 2 is 1.48 bits per heavy atom. The number of hydrogen-bond acceptors (Lipinski definition) is 5. The smallest absolute Gasteiger partial charge is 0.253 e. The molecular weight excluding hydrogens is 360 g/mol. The summed E-state index contributed by atoms with van der Waals surface area (Å²) in [6, 6.07) is 14.5. The highest BCUT2D eigenvalue weighted by Gasteiger charge is 2.21. The highest BCUT2D eigenvalue weighted by molar-refractivity contribution is 9.10. The maximum Gasteiger partial charge on any atom is 0.253 e. The average molecular weight is 373 g/mol. The first kappa shape index (κ1) is 15.3. The second-order valence-electron chi connectivity index (χ2n) is 4.90. The van der Waals surface area contributed by atoms with E-state index in [1.165, 1.54) is 0 Å². The predicted octanol–water partition coefficient (Wildman–Crippen LogP) is 3.54. The molecule has 0 unspecified atom stereocenters. The standard InChI is InChI=1S/C17H13BrN2O3/c1-23-13-4-2-3-12(9-13)20-15-14(16(21)17(15)22)19-11-7-5-10(18)6-8-11/h2-9,19-20H,1H3. The van der Waals surface area contributed by atoms with E-state index in [1.54, 1.807) is 31.4 Å². The van der Waals surface area contributed by atoms with Gasteiger partial charge in [0.15, 0.2) is 0 Å². The molecule has 3 rings (SSSR count). The van der Waals surface area contributed by atoms with Crippen molar-refractivity contribution < 1.29 is 4.74 Å². The Bertz CT molecular complexity index is 912. The number of hydrogen-bond donors (Lipinski definition) is 2. The molecule has 0 radical (unpaired) electrons. The molecule has 0 fully saturated rings. The van der Waals surface area contributed by atoms with Crippen molar-refractivity contribution in [2.45, 2.75) is 0 Å². The summed E-state index contributed by atoms with van der Waals surface area (Å²) < 4.78 is 6.07. The van der Waals surface area contributed by atoms with Crippen LogP contribution in [0.15, 0.2) is 62.6 Å². The van der Waals surface area contributed by atoms with Crippen molar-refractivity contribution in [1.82, 2.24) is 0 Å². The third-order valence-electron chi connectivity index (χ3n) is 3.36. The van der Waals surface area contributed by atoms with Gasteiger partial charge in [-0.15, -0.1) is 0 Å². The van der Waals surface area contributed by atoms with Crippen molar-refractivity contribution in [3.8, 4) is 5.75 Å². The van der Waals surface area contributed by atoms with Crippen LogP contribution in [0.3, 0.4) is 0 Å². The van der Waals surface area contributed by atoms with Crippen molar-refractivity contribution in [2.75, 3.05) is 17.7 Å². The molecule has 0 saturated carbocycles. The molecule has 0 aliphatic heterocycles. The van der Waals surface area contributed by atoms with Crippen molar-refractivity contribution in [2.24, 2.45) is 0 Å². The van der Waals surface area contributed by atoms with Gasteiger partial charge in [0.2, 0.25) is 0 Å². The van der Waals surface area contributed by atoms with Crippen LogP contribution in [0.5, 0.6) is 5.75 Å². The van der Waals surface area contributed by atoms with E-state index in [9.17, 15) is 9.59 Å². The van der Waals surface area contributed by atoms with Crippen LogP contribution in [0.1, 0.15) is 0 Å². The fourth-order valence-electron chi connectivity index (χ4n) is 2.15. The van der Waals surface area contributed by atoms with Gasteiger partial charge in [-0.05, 0) is 36.4 Å². The number of ether oxygens (including phenoxy) is 1. The summed E-state index contributed by atoms with van der Waals surface area (Å²) >= 11 is 3.35. The Hall–Kier alpha value is -2.60. The molecule has 0 heterocycles. The third-order valence-corrected chi connectivity index (χ3v) is 3.89. The molecule has 6 heteroatoms. The number of benzene rings is 2. The molecule has 0 bridgehead atoms. The first-order valence-corrected chi connectivity index (χ1v) is 7.65. The lowest BCUT2D eigenvalue weighted by molar-refractivity contribution is 0.415. The van der Waals surface area contributed by atoms with E-state index in [2.05, 4.69) is 26.6 Å². The van der Waals surface area contributed by atoms with Gasteiger partial charge in [-0.1, -0.05) is 22.0 Å². The quantitative estimate of drug-likeness (QED) is 0.670. The summed E-state index contributed by atoms with van der Waals surface area (Å²) in [7, 11) is 1.57. The molecule has 0 saturated heterocycles. The highest BCUT2D eigenvalue weighted by atomic mass is 79.9. The van der Waals surface area contributed by atoms with Gasteiger partial charge in [-0.25, -0.2) is 0 Å². The first-order valence-electron chi connectivity index (χ1n) is 6.85. The Morgan fingerprint density at radius 1 is 0.870 bits per heavy atom. The number of rotatable bonds is 5. The molecule has 0 aromatic heterocycles. The molecule has 0 atom stereocenters. The van der Waals surface area contributed by atoms with Gasteiger partial charge in [0.1, 0.15) is 17.1 Å². The van der Waals surface area contributed by atoms with Crippen molar-refractivity contribution >= 4 is 38.7 Å². The van der Waals surface area contributed by atoms with E-state index in [0.717, 1.165) is 10.2 Å². The summed E-state index contributed by atoms with van der Waals surface area (Å²) in [6.07, 6.45) is 0. The van der Waals surface area contributed by atoms with Gasteiger partial charge < -0.3 is 15.4 Å². The SMILES string of the molecule is COc1cccc(Nc2c(Nc3ccc(Br)cc3)c(=O)c2=O)c1. The number of methoxy groups -OCH3 is 1. The van der Waals surface area contributed by atoms with Gasteiger partial charge in [-0.3, -0.25) is 9.59 Å². The van der Waals surface area contributed by atoms with Crippen LogP contribution in [0.4, 0.5) is 22.7 Å². The lowest BCUT2D eigenvalue weighted by atomic mass is 10.1. The molecule has 0 aliphatic rings. The predicted molar refractivity (Wildman–Crippen MR) is 95.1 cm³/mol. The van der Waals surface area contributed by atoms with Crippen LogP contribution in [0.2, 0.25) is 0 Å². The van der Waals surface area contributed by atoms with E-state index in [1.807, 2.05) is 24.3 Å². The highest BCUT2D eigenvalue weighted by Crippen LogP contribution is 2.26. The number of anilines is 4. The van der Waals surface area contributed by atoms with Gasteiger partial charge in [0.05, 0.1) is 7.11 Å².